The van der Waals surface area contributed by atoms with Crippen molar-refractivity contribution in [2.75, 3.05) is 38.2 Å². The maximum absolute atomic E-state index is 11.8. The lowest BCUT2D eigenvalue weighted by Crippen LogP contribution is -2.37. The van der Waals surface area contributed by atoms with E-state index in [4.69, 9.17) is 4.74 Å². The Kier molecular flexibility index (Phi) is 4.59. The normalized spacial score (nSPS) is 15.6. The first-order chi connectivity index (χ1) is 8.81. The van der Waals surface area contributed by atoms with E-state index in [0.29, 0.717) is 6.54 Å². The molecule has 0 aliphatic carbocycles. The van der Waals surface area contributed by atoms with E-state index in [1.54, 1.807) is 4.90 Å². The molecule has 0 unspecified atom stereocenters. The molecule has 0 N–H and O–H groups in total. The first-order valence-electron chi connectivity index (χ1n) is 6.44. The van der Waals surface area contributed by atoms with Gasteiger partial charge in [0.15, 0.2) is 0 Å². The van der Waals surface area contributed by atoms with Crippen LogP contribution in [-0.4, -0.2) is 44.3 Å². The number of amides is 1. The smallest absolute Gasteiger partial charge is 0.414 e. The second kappa shape index (κ2) is 6.40. The van der Waals surface area contributed by atoms with Crippen molar-refractivity contribution >= 4 is 11.8 Å². The van der Waals surface area contributed by atoms with E-state index >= 15 is 0 Å². The zero-order chi connectivity index (χ0) is 12.8. The second-order valence-corrected chi connectivity index (χ2v) is 4.51. The van der Waals surface area contributed by atoms with E-state index in [9.17, 15) is 4.79 Å². The van der Waals surface area contributed by atoms with Crippen molar-refractivity contribution in [3.8, 4) is 0 Å². The van der Waals surface area contributed by atoms with Gasteiger partial charge in [0.05, 0.1) is 7.11 Å². The predicted molar refractivity (Wildman–Crippen MR) is 71.9 cm³/mol. The van der Waals surface area contributed by atoms with Crippen molar-refractivity contribution < 1.29 is 9.53 Å². The van der Waals surface area contributed by atoms with Gasteiger partial charge in [0.2, 0.25) is 0 Å². The topological polar surface area (TPSA) is 32.8 Å². The standard InChI is InChI=1S/C14H20N2O2/c1-18-14(17)16(13-7-3-2-4-8-13)12-11-15-9-5-6-10-15/h2-4,7-8H,5-6,9-12H2,1H3. The summed E-state index contributed by atoms with van der Waals surface area (Å²) in [5, 5.41) is 0. The minimum atomic E-state index is -0.291. The number of anilines is 1. The minimum Gasteiger partial charge on any atom is -0.452 e. The molecular weight excluding hydrogens is 228 g/mol. The van der Waals surface area contributed by atoms with Gasteiger partial charge in [-0.05, 0) is 38.1 Å². The Morgan fingerprint density at radius 1 is 1.28 bits per heavy atom. The van der Waals surface area contributed by atoms with Crippen LogP contribution >= 0.6 is 0 Å². The number of hydrogen-bond acceptors (Lipinski definition) is 3. The molecule has 1 aliphatic rings. The predicted octanol–water partition coefficient (Wildman–Crippen LogP) is 2.36. The average molecular weight is 248 g/mol. The van der Waals surface area contributed by atoms with Gasteiger partial charge in [0.1, 0.15) is 0 Å². The lowest BCUT2D eigenvalue weighted by atomic mass is 10.3. The SMILES string of the molecule is COC(=O)N(CCN1CCCC1)c1ccccc1. The molecule has 0 atom stereocenters. The third kappa shape index (κ3) is 3.23. The Bertz CT molecular complexity index is 375. The molecule has 1 amide bonds. The van der Waals surface area contributed by atoms with Gasteiger partial charge >= 0.3 is 6.09 Å². The fraction of sp³-hybridized carbons (Fsp3) is 0.500. The summed E-state index contributed by atoms with van der Waals surface area (Å²) in [6, 6.07) is 9.67. The highest BCUT2D eigenvalue weighted by atomic mass is 16.5. The van der Waals surface area contributed by atoms with Crippen molar-refractivity contribution in [2.45, 2.75) is 12.8 Å². The number of benzene rings is 1. The van der Waals surface area contributed by atoms with E-state index in [-0.39, 0.29) is 6.09 Å². The molecule has 0 aromatic heterocycles. The zero-order valence-electron chi connectivity index (χ0n) is 10.8. The molecule has 0 radical (unpaired) electrons. The van der Waals surface area contributed by atoms with Gasteiger partial charge in [-0.1, -0.05) is 18.2 Å². The van der Waals surface area contributed by atoms with Crippen LogP contribution in [0.3, 0.4) is 0 Å². The van der Waals surface area contributed by atoms with E-state index in [1.165, 1.54) is 20.0 Å². The number of ether oxygens (including phenoxy) is 1. The number of para-hydroxylation sites is 1. The van der Waals surface area contributed by atoms with E-state index in [1.807, 2.05) is 30.3 Å². The molecule has 98 valence electrons. The molecule has 1 heterocycles. The highest BCUT2D eigenvalue weighted by Crippen LogP contribution is 2.15. The molecule has 0 bridgehead atoms. The molecule has 1 saturated heterocycles. The number of carbonyl (C=O) groups excluding carboxylic acids is 1. The summed E-state index contributed by atoms with van der Waals surface area (Å²) in [5.41, 5.74) is 0.892. The van der Waals surface area contributed by atoms with E-state index in [0.717, 1.165) is 25.3 Å². The fourth-order valence-electron chi connectivity index (χ4n) is 2.29. The summed E-state index contributed by atoms with van der Waals surface area (Å²) in [5.74, 6) is 0. The number of nitrogens with zero attached hydrogens (tertiary/aromatic N) is 2. The monoisotopic (exact) mass is 248 g/mol. The molecule has 0 saturated carbocycles. The van der Waals surface area contributed by atoms with Crippen LogP contribution in [0.2, 0.25) is 0 Å². The van der Waals surface area contributed by atoms with Gasteiger partial charge in [0.25, 0.3) is 0 Å². The van der Waals surface area contributed by atoms with Crippen molar-refractivity contribution in [3.63, 3.8) is 0 Å². The molecule has 1 fully saturated rings. The molecular formula is C14H20N2O2. The first-order valence-corrected chi connectivity index (χ1v) is 6.44. The molecule has 1 aromatic carbocycles. The summed E-state index contributed by atoms with van der Waals surface area (Å²) >= 11 is 0. The highest BCUT2D eigenvalue weighted by Gasteiger charge is 2.18. The number of methoxy groups -OCH3 is 1. The maximum Gasteiger partial charge on any atom is 0.414 e. The third-order valence-corrected chi connectivity index (χ3v) is 3.30. The van der Waals surface area contributed by atoms with Gasteiger partial charge in [-0.25, -0.2) is 4.79 Å². The molecule has 1 aromatic rings. The van der Waals surface area contributed by atoms with Crippen molar-refractivity contribution in [3.05, 3.63) is 30.3 Å². The molecule has 0 spiro atoms. The van der Waals surface area contributed by atoms with Crippen molar-refractivity contribution in [1.82, 2.24) is 4.90 Å². The van der Waals surface area contributed by atoms with Gasteiger partial charge in [-0.15, -0.1) is 0 Å². The van der Waals surface area contributed by atoms with Crippen LogP contribution in [0.25, 0.3) is 0 Å². The summed E-state index contributed by atoms with van der Waals surface area (Å²) < 4.78 is 4.85. The van der Waals surface area contributed by atoms with Crippen LogP contribution in [0.1, 0.15) is 12.8 Å². The van der Waals surface area contributed by atoms with Gasteiger partial charge in [0, 0.05) is 18.8 Å². The average Bonchev–Trinajstić information content (AvgIpc) is 2.93. The molecule has 18 heavy (non-hydrogen) atoms. The summed E-state index contributed by atoms with van der Waals surface area (Å²) in [6.07, 6.45) is 2.24. The Hall–Kier alpha value is -1.55. The van der Waals surface area contributed by atoms with E-state index in [2.05, 4.69) is 4.90 Å². The second-order valence-electron chi connectivity index (χ2n) is 4.51. The summed E-state index contributed by atoms with van der Waals surface area (Å²) in [4.78, 5) is 15.9. The lowest BCUT2D eigenvalue weighted by molar-refractivity contribution is 0.177. The zero-order valence-corrected chi connectivity index (χ0v) is 10.8. The van der Waals surface area contributed by atoms with Crippen LogP contribution in [0.15, 0.2) is 30.3 Å². The molecule has 4 nitrogen and oxygen atoms in total. The van der Waals surface area contributed by atoms with Gasteiger partial charge in [-0.2, -0.15) is 0 Å². The summed E-state index contributed by atoms with van der Waals surface area (Å²) in [7, 11) is 1.42. The number of carbonyl (C=O) groups is 1. The fourth-order valence-corrected chi connectivity index (χ4v) is 2.29. The van der Waals surface area contributed by atoms with Gasteiger partial charge < -0.3 is 9.64 Å². The number of hydrogen-bond donors (Lipinski definition) is 0. The third-order valence-electron chi connectivity index (χ3n) is 3.30. The Morgan fingerprint density at radius 3 is 2.56 bits per heavy atom. The highest BCUT2D eigenvalue weighted by molar-refractivity contribution is 5.87. The molecule has 2 rings (SSSR count). The molecule has 4 heteroatoms. The minimum absolute atomic E-state index is 0.291. The Labute approximate surface area is 108 Å². The Morgan fingerprint density at radius 2 is 1.94 bits per heavy atom. The van der Waals surface area contributed by atoms with E-state index < -0.39 is 0 Å². The quantitative estimate of drug-likeness (QED) is 0.820. The van der Waals surface area contributed by atoms with Crippen LogP contribution in [0.4, 0.5) is 10.5 Å². The first kappa shape index (κ1) is 12.9. The van der Waals surface area contributed by atoms with Crippen molar-refractivity contribution in [1.29, 1.82) is 0 Å². The van der Waals surface area contributed by atoms with Crippen LogP contribution in [0.5, 0.6) is 0 Å². The molecule has 1 aliphatic heterocycles. The van der Waals surface area contributed by atoms with Gasteiger partial charge in [-0.3, -0.25) is 4.90 Å². The summed E-state index contributed by atoms with van der Waals surface area (Å²) in [6.45, 7) is 3.87. The van der Waals surface area contributed by atoms with Crippen LogP contribution < -0.4 is 4.90 Å². The van der Waals surface area contributed by atoms with Crippen molar-refractivity contribution in [2.24, 2.45) is 0 Å². The van der Waals surface area contributed by atoms with Crippen LogP contribution in [0, 0.1) is 0 Å². The lowest BCUT2D eigenvalue weighted by Gasteiger charge is -2.24. The van der Waals surface area contributed by atoms with Crippen LogP contribution in [-0.2, 0) is 4.74 Å². The largest absolute Gasteiger partial charge is 0.452 e. The Balaban J connectivity index is 1.99. The maximum atomic E-state index is 11.8. The number of rotatable bonds is 4. The number of likely N-dealkylation sites (tertiary alicyclic amines) is 1.